The number of aromatic amines is 1. The van der Waals surface area contributed by atoms with Crippen LogP contribution in [0.5, 0.6) is 0 Å². The van der Waals surface area contributed by atoms with Gasteiger partial charge in [-0.05, 0) is 17.5 Å². The Hall–Kier alpha value is -2.69. The molecule has 0 radical (unpaired) electrons. The van der Waals surface area contributed by atoms with Crippen molar-refractivity contribution in [3.8, 4) is 0 Å². The lowest BCUT2D eigenvalue weighted by molar-refractivity contribution is 0.0866. The number of H-pyrrole nitrogens is 1. The molecule has 0 saturated carbocycles. The third-order valence-electron chi connectivity index (χ3n) is 5.79. The molecule has 150 valence electrons. The van der Waals surface area contributed by atoms with Gasteiger partial charge >= 0.3 is 0 Å². The number of piperazine rings is 1. The number of carbonyl (C=O) groups is 1. The zero-order valence-electron chi connectivity index (χ0n) is 17.1. The van der Waals surface area contributed by atoms with Crippen molar-refractivity contribution in [3.05, 3.63) is 77.5 Å². The first kappa shape index (κ1) is 19.6. The van der Waals surface area contributed by atoms with Crippen LogP contribution in [0.3, 0.4) is 0 Å². The number of benzene rings is 2. The molecular formula is C25H29N3O. The zero-order valence-corrected chi connectivity index (χ0v) is 17.1. The van der Waals surface area contributed by atoms with Gasteiger partial charge in [0.05, 0.1) is 6.54 Å². The number of aryl methyl sites for hydroxylation is 1. The number of Topliss-reactive ketones (excluding diaryl/α,β-unsaturated/α-hetero) is 1. The molecule has 2 heterocycles. The van der Waals surface area contributed by atoms with Crippen molar-refractivity contribution >= 4 is 22.8 Å². The minimum Gasteiger partial charge on any atom is -0.360 e. The minimum absolute atomic E-state index is 0.210. The standard InChI is InChI=1S/C25H29N3O/c1-2-21-11-6-12-22-23(18-26-25(21)22)24(29)19-28-16-14-27(15-17-28)13-7-10-20-8-4-3-5-9-20/h3-12,18,26H,2,13-17,19H2,1H3/b10-7+. The highest BCUT2D eigenvalue weighted by Crippen LogP contribution is 2.23. The van der Waals surface area contributed by atoms with Crippen LogP contribution in [0.2, 0.25) is 0 Å². The predicted molar refractivity (Wildman–Crippen MR) is 120 cm³/mol. The van der Waals surface area contributed by atoms with Gasteiger partial charge in [-0.1, -0.05) is 67.6 Å². The van der Waals surface area contributed by atoms with Crippen molar-refractivity contribution in [3.63, 3.8) is 0 Å². The van der Waals surface area contributed by atoms with Crippen molar-refractivity contribution < 1.29 is 4.79 Å². The zero-order chi connectivity index (χ0) is 20.1. The molecule has 1 N–H and O–H groups in total. The summed E-state index contributed by atoms with van der Waals surface area (Å²) in [6.45, 7) is 7.48. The van der Waals surface area contributed by atoms with E-state index >= 15 is 0 Å². The van der Waals surface area contributed by atoms with E-state index in [-0.39, 0.29) is 5.78 Å². The monoisotopic (exact) mass is 387 g/mol. The average Bonchev–Trinajstić information content (AvgIpc) is 3.20. The maximum Gasteiger partial charge on any atom is 0.178 e. The second-order valence-electron chi connectivity index (χ2n) is 7.71. The summed E-state index contributed by atoms with van der Waals surface area (Å²) in [5.41, 5.74) is 4.43. The van der Waals surface area contributed by atoms with Gasteiger partial charge in [-0.3, -0.25) is 14.6 Å². The van der Waals surface area contributed by atoms with Gasteiger partial charge in [-0.2, -0.15) is 0 Å². The fourth-order valence-electron chi connectivity index (χ4n) is 4.06. The van der Waals surface area contributed by atoms with E-state index in [0.29, 0.717) is 6.54 Å². The fraction of sp³-hybridized carbons (Fsp3) is 0.320. The molecule has 2 aromatic carbocycles. The van der Waals surface area contributed by atoms with Gasteiger partial charge < -0.3 is 4.98 Å². The molecule has 1 fully saturated rings. The van der Waals surface area contributed by atoms with Crippen LogP contribution in [0.25, 0.3) is 17.0 Å². The van der Waals surface area contributed by atoms with E-state index in [0.717, 1.165) is 55.6 Å². The molecule has 29 heavy (non-hydrogen) atoms. The normalized spacial score (nSPS) is 16.0. The van der Waals surface area contributed by atoms with E-state index < -0.39 is 0 Å². The Kier molecular flexibility index (Phi) is 6.23. The number of carbonyl (C=O) groups excluding carboxylic acids is 1. The smallest absolute Gasteiger partial charge is 0.178 e. The summed E-state index contributed by atoms with van der Waals surface area (Å²) in [4.78, 5) is 21.0. The van der Waals surface area contributed by atoms with Gasteiger partial charge in [0.25, 0.3) is 0 Å². The lowest BCUT2D eigenvalue weighted by Gasteiger charge is -2.33. The van der Waals surface area contributed by atoms with Crippen LogP contribution in [0.4, 0.5) is 0 Å². The summed E-state index contributed by atoms with van der Waals surface area (Å²) in [7, 11) is 0. The highest BCUT2D eigenvalue weighted by Gasteiger charge is 2.20. The van der Waals surface area contributed by atoms with Gasteiger partial charge in [0.1, 0.15) is 0 Å². The van der Waals surface area contributed by atoms with Crippen LogP contribution in [0.1, 0.15) is 28.4 Å². The second kappa shape index (κ2) is 9.21. The number of nitrogens with zero attached hydrogens (tertiary/aromatic N) is 2. The Morgan fingerprint density at radius 2 is 1.76 bits per heavy atom. The second-order valence-corrected chi connectivity index (χ2v) is 7.71. The van der Waals surface area contributed by atoms with Crippen molar-refractivity contribution in [2.45, 2.75) is 13.3 Å². The highest BCUT2D eigenvalue weighted by molar-refractivity contribution is 6.09. The number of aromatic nitrogens is 1. The molecule has 0 bridgehead atoms. The molecule has 0 amide bonds. The van der Waals surface area contributed by atoms with Crippen molar-refractivity contribution in [1.82, 2.24) is 14.8 Å². The third-order valence-corrected chi connectivity index (χ3v) is 5.79. The molecular weight excluding hydrogens is 358 g/mol. The maximum atomic E-state index is 12.9. The quantitative estimate of drug-likeness (QED) is 0.616. The first-order valence-corrected chi connectivity index (χ1v) is 10.5. The highest BCUT2D eigenvalue weighted by atomic mass is 16.1. The molecule has 1 saturated heterocycles. The lowest BCUT2D eigenvalue weighted by Crippen LogP contribution is -2.47. The average molecular weight is 388 g/mol. The number of ketones is 1. The van der Waals surface area contributed by atoms with E-state index in [2.05, 4.69) is 70.3 Å². The number of para-hydroxylation sites is 1. The first-order valence-electron chi connectivity index (χ1n) is 10.5. The minimum atomic E-state index is 0.210. The molecule has 1 aliphatic heterocycles. The van der Waals surface area contributed by atoms with Crippen LogP contribution in [0.15, 0.2) is 60.8 Å². The number of fused-ring (bicyclic) bond motifs is 1. The molecule has 0 unspecified atom stereocenters. The summed E-state index contributed by atoms with van der Waals surface area (Å²) in [5, 5.41) is 1.05. The summed E-state index contributed by atoms with van der Waals surface area (Å²) >= 11 is 0. The van der Waals surface area contributed by atoms with E-state index in [9.17, 15) is 4.79 Å². The van der Waals surface area contributed by atoms with Crippen LogP contribution >= 0.6 is 0 Å². The van der Waals surface area contributed by atoms with Crippen molar-refractivity contribution in [2.24, 2.45) is 0 Å². The predicted octanol–water partition coefficient (Wildman–Crippen LogP) is 4.24. The number of rotatable bonds is 7. The number of hydrogen-bond donors (Lipinski definition) is 1. The van der Waals surface area contributed by atoms with Crippen molar-refractivity contribution in [1.29, 1.82) is 0 Å². The van der Waals surface area contributed by atoms with Crippen molar-refractivity contribution in [2.75, 3.05) is 39.3 Å². The largest absolute Gasteiger partial charge is 0.360 e. The Morgan fingerprint density at radius 3 is 2.52 bits per heavy atom. The molecule has 1 aromatic heterocycles. The molecule has 4 rings (SSSR count). The van der Waals surface area contributed by atoms with Crippen LogP contribution in [0, 0.1) is 0 Å². The molecule has 0 aliphatic carbocycles. The van der Waals surface area contributed by atoms with Gasteiger partial charge in [0.15, 0.2) is 5.78 Å². The summed E-state index contributed by atoms with van der Waals surface area (Å²) < 4.78 is 0. The Morgan fingerprint density at radius 1 is 1.00 bits per heavy atom. The number of hydrogen-bond acceptors (Lipinski definition) is 3. The molecule has 0 spiro atoms. The van der Waals surface area contributed by atoms with E-state index in [1.165, 1.54) is 11.1 Å². The molecule has 1 aliphatic rings. The van der Waals surface area contributed by atoms with Gasteiger partial charge in [-0.15, -0.1) is 0 Å². The molecule has 4 nitrogen and oxygen atoms in total. The summed E-state index contributed by atoms with van der Waals surface area (Å²) in [6.07, 6.45) is 7.26. The molecule has 0 atom stereocenters. The molecule has 4 heteroatoms. The van der Waals surface area contributed by atoms with E-state index in [1.54, 1.807) is 0 Å². The Balaban J connectivity index is 1.30. The maximum absolute atomic E-state index is 12.9. The van der Waals surface area contributed by atoms with E-state index in [1.807, 2.05) is 18.3 Å². The third kappa shape index (κ3) is 4.66. The Labute approximate surface area is 172 Å². The molecule has 3 aromatic rings. The SMILES string of the molecule is CCc1cccc2c(C(=O)CN3CCN(C/C=C/c4ccccc4)CC3)c[nH]c12. The van der Waals surface area contributed by atoms with Gasteiger partial charge in [-0.25, -0.2) is 0 Å². The van der Waals surface area contributed by atoms with Crippen LogP contribution in [-0.2, 0) is 6.42 Å². The van der Waals surface area contributed by atoms with E-state index in [4.69, 9.17) is 0 Å². The topological polar surface area (TPSA) is 39.3 Å². The summed E-state index contributed by atoms with van der Waals surface area (Å²) in [5.74, 6) is 0.210. The van der Waals surface area contributed by atoms with Gasteiger partial charge in [0, 0.05) is 55.4 Å². The van der Waals surface area contributed by atoms with Crippen LogP contribution < -0.4 is 0 Å². The van der Waals surface area contributed by atoms with Crippen LogP contribution in [-0.4, -0.2) is 59.8 Å². The van der Waals surface area contributed by atoms with Gasteiger partial charge in [0.2, 0.25) is 0 Å². The number of nitrogens with one attached hydrogen (secondary N) is 1. The first-order chi connectivity index (χ1) is 14.2. The fourth-order valence-corrected chi connectivity index (χ4v) is 4.06. The Bertz CT molecular complexity index is 982. The lowest BCUT2D eigenvalue weighted by atomic mass is 10.0. The summed E-state index contributed by atoms with van der Waals surface area (Å²) in [6, 6.07) is 16.6.